The van der Waals surface area contributed by atoms with Crippen LogP contribution in [0.3, 0.4) is 0 Å². The van der Waals surface area contributed by atoms with Crippen LogP contribution < -0.4 is 15.4 Å². The van der Waals surface area contributed by atoms with Crippen molar-refractivity contribution in [1.29, 1.82) is 0 Å². The molecule has 0 fully saturated rings. The summed E-state index contributed by atoms with van der Waals surface area (Å²) < 4.78 is 24.6. The normalized spacial score (nSPS) is 13.1. The first-order chi connectivity index (χ1) is 11.9. The predicted molar refractivity (Wildman–Crippen MR) is 120 cm³/mol. The lowest BCUT2D eigenvalue weighted by molar-refractivity contribution is 0.588. The number of halogens is 1. The summed E-state index contributed by atoms with van der Waals surface area (Å²) in [7, 11) is -3.18. The quantitative estimate of drug-likeness (QED) is 0.241. The molecule has 1 unspecified atom stereocenters. The molecule has 3 N–H and O–H groups in total. The van der Waals surface area contributed by atoms with Crippen LogP contribution in [0.5, 0.6) is 0 Å². The highest BCUT2D eigenvalue weighted by atomic mass is 127. The van der Waals surface area contributed by atoms with E-state index in [1.807, 2.05) is 19.1 Å². The van der Waals surface area contributed by atoms with Gasteiger partial charge in [-0.2, -0.15) is 0 Å². The van der Waals surface area contributed by atoms with Crippen LogP contribution in [0.4, 0.5) is 0 Å². The number of fused-ring (bicyclic) bond motifs is 1. The SMILES string of the molecule is CCNC(=NCCNS(C)(=O)=O)NC(C)c1cccc2ccccc12.I. The van der Waals surface area contributed by atoms with Gasteiger partial charge >= 0.3 is 0 Å². The lowest BCUT2D eigenvalue weighted by Gasteiger charge is -2.19. The summed E-state index contributed by atoms with van der Waals surface area (Å²) >= 11 is 0. The molecule has 0 aliphatic heterocycles. The summed E-state index contributed by atoms with van der Waals surface area (Å²) in [5, 5.41) is 8.99. The molecule has 0 aromatic heterocycles. The van der Waals surface area contributed by atoms with Crippen molar-refractivity contribution in [2.45, 2.75) is 19.9 Å². The molecule has 0 heterocycles. The Morgan fingerprint density at radius 2 is 1.85 bits per heavy atom. The van der Waals surface area contributed by atoms with Crippen LogP contribution in [0, 0.1) is 0 Å². The zero-order chi connectivity index (χ0) is 18.3. The third-order valence-corrected chi connectivity index (χ3v) is 4.46. The summed E-state index contributed by atoms with van der Waals surface area (Å²) in [6, 6.07) is 14.6. The Hall–Kier alpha value is -1.39. The van der Waals surface area contributed by atoms with E-state index in [0.29, 0.717) is 12.5 Å². The number of nitrogens with one attached hydrogen (secondary N) is 3. The van der Waals surface area contributed by atoms with Gasteiger partial charge in [-0.3, -0.25) is 4.99 Å². The largest absolute Gasteiger partial charge is 0.357 e. The minimum absolute atomic E-state index is 0. The topological polar surface area (TPSA) is 82.6 Å². The fraction of sp³-hybridized carbons (Fsp3) is 0.389. The molecule has 0 bridgehead atoms. The van der Waals surface area contributed by atoms with Gasteiger partial charge in [-0.15, -0.1) is 24.0 Å². The van der Waals surface area contributed by atoms with Crippen molar-refractivity contribution in [3.63, 3.8) is 0 Å². The summed E-state index contributed by atoms with van der Waals surface area (Å²) in [6.45, 7) is 5.45. The fourth-order valence-electron chi connectivity index (χ4n) is 2.63. The second kappa shape index (κ2) is 10.7. The number of hydrogen-bond donors (Lipinski definition) is 3. The standard InChI is InChI=1S/C18H26N4O2S.HI/c1-4-19-18(20-12-13-21-25(3,23)24)22-14(2)16-11-7-9-15-8-5-6-10-17(15)16;/h5-11,14,21H,4,12-13H2,1-3H3,(H2,19,20,22);1H. The maximum absolute atomic E-state index is 11.1. The van der Waals surface area contributed by atoms with E-state index in [2.05, 4.69) is 57.6 Å². The molecule has 6 nitrogen and oxygen atoms in total. The first-order valence-corrected chi connectivity index (χ1v) is 10.3. The lowest BCUT2D eigenvalue weighted by Crippen LogP contribution is -2.39. The van der Waals surface area contributed by atoms with E-state index in [1.54, 1.807) is 0 Å². The van der Waals surface area contributed by atoms with Crippen molar-refractivity contribution in [3.05, 3.63) is 48.0 Å². The zero-order valence-corrected chi connectivity index (χ0v) is 18.5. The van der Waals surface area contributed by atoms with E-state index in [9.17, 15) is 8.42 Å². The number of sulfonamides is 1. The summed E-state index contributed by atoms with van der Waals surface area (Å²) in [4.78, 5) is 4.43. The van der Waals surface area contributed by atoms with Gasteiger partial charge in [-0.1, -0.05) is 42.5 Å². The highest BCUT2D eigenvalue weighted by molar-refractivity contribution is 14.0. The average Bonchev–Trinajstić information content (AvgIpc) is 2.57. The average molecular weight is 490 g/mol. The second-order valence-corrected chi connectivity index (χ2v) is 7.69. The predicted octanol–water partition coefficient (Wildman–Crippen LogP) is 2.62. The highest BCUT2D eigenvalue weighted by Gasteiger charge is 2.10. The van der Waals surface area contributed by atoms with E-state index in [1.165, 1.54) is 16.3 Å². The van der Waals surface area contributed by atoms with Crippen molar-refractivity contribution >= 4 is 50.7 Å². The molecule has 0 radical (unpaired) electrons. The number of nitrogens with zero attached hydrogens (tertiary/aromatic N) is 1. The molecule has 2 aromatic rings. The number of hydrogen-bond acceptors (Lipinski definition) is 3. The van der Waals surface area contributed by atoms with Crippen LogP contribution in [0.15, 0.2) is 47.5 Å². The van der Waals surface area contributed by atoms with Crippen molar-refractivity contribution < 1.29 is 8.42 Å². The Labute approximate surface area is 172 Å². The van der Waals surface area contributed by atoms with Gasteiger partial charge < -0.3 is 10.6 Å². The maximum Gasteiger partial charge on any atom is 0.208 e. The van der Waals surface area contributed by atoms with Crippen molar-refractivity contribution in [2.75, 3.05) is 25.9 Å². The number of guanidine groups is 1. The molecule has 0 aliphatic rings. The molecular weight excluding hydrogens is 463 g/mol. The third-order valence-electron chi connectivity index (χ3n) is 3.73. The molecule has 0 saturated heterocycles. The van der Waals surface area contributed by atoms with E-state index in [4.69, 9.17) is 0 Å². The number of aliphatic imine (C=N–C) groups is 1. The highest BCUT2D eigenvalue weighted by Crippen LogP contribution is 2.23. The zero-order valence-electron chi connectivity index (χ0n) is 15.3. The van der Waals surface area contributed by atoms with Crippen LogP contribution in [-0.4, -0.2) is 40.3 Å². The molecule has 0 aliphatic carbocycles. The van der Waals surface area contributed by atoms with Gasteiger partial charge in [0, 0.05) is 13.1 Å². The Morgan fingerprint density at radius 3 is 2.54 bits per heavy atom. The fourth-order valence-corrected chi connectivity index (χ4v) is 3.09. The van der Waals surface area contributed by atoms with E-state index in [0.717, 1.165) is 12.8 Å². The van der Waals surface area contributed by atoms with Gasteiger partial charge in [0.05, 0.1) is 18.8 Å². The summed E-state index contributed by atoms with van der Waals surface area (Å²) in [5.41, 5.74) is 1.19. The third kappa shape index (κ3) is 7.08. The Morgan fingerprint density at radius 1 is 1.15 bits per heavy atom. The first kappa shape index (κ1) is 22.7. The Bertz CT molecular complexity index is 835. The van der Waals surface area contributed by atoms with Gasteiger partial charge in [-0.05, 0) is 30.2 Å². The smallest absolute Gasteiger partial charge is 0.208 e. The molecular formula is C18H27IN4O2S. The van der Waals surface area contributed by atoms with Crippen LogP contribution in [-0.2, 0) is 10.0 Å². The van der Waals surface area contributed by atoms with Crippen molar-refractivity contribution in [2.24, 2.45) is 4.99 Å². The maximum atomic E-state index is 11.1. The minimum Gasteiger partial charge on any atom is -0.357 e. The molecule has 8 heteroatoms. The monoisotopic (exact) mass is 490 g/mol. The van der Waals surface area contributed by atoms with E-state index in [-0.39, 0.29) is 36.6 Å². The molecule has 144 valence electrons. The molecule has 1 atom stereocenters. The molecule has 2 rings (SSSR count). The van der Waals surface area contributed by atoms with Crippen LogP contribution in [0.2, 0.25) is 0 Å². The molecule has 2 aromatic carbocycles. The van der Waals surface area contributed by atoms with Crippen molar-refractivity contribution in [3.8, 4) is 0 Å². The van der Waals surface area contributed by atoms with Gasteiger partial charge in [0.2, 0.25) is 10.0 Å². The molecule has 26 heavy (non-hydrogen) atoms. The van der Waals surface area contributed by atoms with E-state index >= 15 is 0 Å². The molecule has 0 amide bonds. The lowest BCUT2D eigenvalue weighted by atomic mass is 10.00. The Kier molecular flexibility index (Phi) is 9.31. The van der Waals surface area contributed by atoms with Crippen molar-refractivity contribution in [1.82, 2.24) is 15.4 Å². The summed E-state index contributed by atoms with van der Waals surface area (Å²) in [5.74, 6) is 0.665. The second-order valence-electron chi connectivity index (χ2n) is 5.86. The Balaban J connectivity index is 0.00000338. The number of rotatable bonds is 7. The molecule has 0 saturated carbocycles. The van der Waals surface area contributed by atoms with Gasteiger partial charge in [-0.25, -0.2) is 13.1 Å². The van der Waals surface area contributed by atoms with Gasteiger partial charge in [0.15, 0.2) is 5.96 Å². The van der Waals surface area contributed by atoms with E-state index < -0.39 is 10.0 Å². The molecule has 0 spiro atoms. The number of benzene rings is 2. The van der Waals surface area contributed by atoms with Crippen LogP contribution >= 0.6 is 24.0 Å². The first-order valence-electron chi connectivity index (χ1n) is 8.38. The van der Waals surface area contributed by atoms with Gasteiger partial charge in [0.1, 0.15) is 0 Å². The van der Waals surface area contributed by atoms with Crippen LogP contribution in [0.1, 0.15) is 25.5 Å². The minimum atomic E-state index is -3.18. The van der Waals surface area contributed by atoms with Gasteiger partial charge in [0.25, 0.3) is 0 Å². The van der Waals surface area contributed by atoms with Crippen LogP contribution in [0.25, 0.3) is 10.8 Å². The summed E-state index contributed by atoms with van der Waals surface area (Å²) in [6.07, 6.45) is 1.14.